The number of aliphatic carboxylic acids is 1. The number of benzene rings is 1. The van der Waals surface area contributed by atoms with E-state index in [4.69, 9.17) is 5.11 Å². The minimum absolute atomic E-state index is 0.0952. The fourth-order valence-corrected chi connectivity index (χ4v) is 3.32. The minimum Gasteiger partial charge on any atom is -0.480 e. The summed E-state index contributed by atoms with van der Waals surface area (Å²) in [5.41, 5.74) is 1.10. The molecule has 0 aromatic heterocycles. The van der Waals surface area contributed by atoms with E-state index in [1.807, 2.05) is 25.1 Å². The first-order chi connectivity index (χ1) is 9.47. The van der Waals surface area contributed by atoms with E-state index in [2.05, 4.69) is 15.9 Å². The first-order valence-corrected chi connectivity index (χ1v) is 8.15. The molecule has 1 N–H and O–H groups in total. The van der Waals surface area contributed by atoms with Gasteiger partial charge in [-0.25, -0.2) is 0 Å². The first-order valence-electron chi connectivity index (χ1n) is 6.37. The molecule has 0 atom stereocenters. The fraction of sp³-hybridized carbons (Fsp3) is 0.429. The number of aryl methyl sites for hydroxylation is 1. The molecule has 0 unspecified atom stereocenters. The monoisotopic (exact) mass is 357 g/mol. The Kier molecular flexibility index (Phi) is 5.10. The number of thioether (sulfide) groups is 1. The van der Waals surface area contributed by atoms with E-state index in [1.165, 1.54) is 16.7 Å². The number of hydrogen-bond donors (Lipinski definition) is 1. The van der Waals surface area contributed by atoms with Crippen LogP contribution in [0.15, 0.2) is 27.6 Å². The van der Waals surface area contributed by atoms with E-state index in [0.717, 1.165) is 27.8 Å². The molecular formula is C14H16BrNO3S. The second-order valence-electron chi connectivity index (χ2n) is 4.85. The lowest BCUT2D eigenvalue weighted by Gasteiger charge is -2.20. The van der Waals surface area contributed by atoms with Crippen molar-refractivity contribution in [3.8, 4) is 0 Å². The molecular weight excluding hydrogens is 342 g/mol. The lowest BCUT2D eigenvalue weighted by Crippen LogP contribution is -2.38. The van der Waals surface area contributed by atoms with E-state index in [0.29, 0.717) is 0 Å². The number of carboxylic acid groups (broad SMARTS) is 1. The van der Waals surface area contributed by atoms with E-state index >= 15 is 0 Å². The zero-order chi connectivity index (χ0) is 14.7. The zero-order valence-electron chi connectivity index (χ0n) is 11.1. The molecule has 0 aliphatic heterocycles. The van der Waals surface area contributed by atoms with Gasteiger partial charge < -0.3 is 10.0 Å². The summed E-state index contributed by atoms with van der Waals surface area (Å²) in [5, 5.41) is 8.86. The Morgan fingerprint density at radius 2 is 2.15 bits per heavy atom. The summed E-state index contributed by atoms with van der Waals surface area (Å²) in [6.45, 7) is 1.80. The summed E-state index contributed by atoms with van der Waals surface area (Å²) in [6, 6.07) is 6.04. The normalized spacial score (nSPS) is 14.1. The van der Waals surface area contributed by atoms with Crippen molar-refractivity contribution in [2.75, 3.05) is 12.3 Å². The van der Waals surface area contributed by atoms with Crippen LogP contribution in [0.1, 0.15) is 18.4 Å². The average molecular weight is 358 g/mol. The van der Waals surface area contributed by atoms with Crippen LogP contribution in [-0.4, -0.2) is 40.2 Å². The van der Waals surface area contributed by atoms with Crippen molar-refractivity contribution >= 4 is 39.6 Å². The Bertz CT molecular complexity index is 531. The average Bonchev–Trinajstić information content (AvgIpc) is 3.18. The highest BCUT2D eigenvalue weighted by atomic mass is 79.9. The summed E-state index contributed by atoms with van der Waals surface area (Å²) in [4.78, 5) is 25.5. The summed E-state index contributed by atoms with van der Waals surface area (Å²) in [7, 11) is 0. The maximum atomic E-state index is 12.1. The fourth-order valence-electron chi connectivity index (χ4n) is 1.95. The van der Waals surface area contributed by atoms with Crippen LogP contribution in [0.5, 0.6) is 0 Å². The number of carbonyl (C=O) groups excluding carboxylic acids is 1. The van der Waals surface area contributed by atoms with Crippen molar-refractivity contribution in [3.63, 3.8) is 0 Å². The van der Waals surface area contributed by atoms with Crippen molar-refractivity contribution in [1.82, 2.24) is 4.90 Å². The molecule has 1 fully saturated rings. The number of halogens is 1. The van der Waals surface area contributed by atoms with Gasteiger partial charge in [0.15, 0.2) is 0 Å². The minimum atomic E-state index is -0.949. The first kappa shape index (κ1) is 15.4. The molecule has 6 heteroatoms. The van der Waals surface area contributed by atoms with Gasteiger partial charge in [-0.15, -0.1) is 11.8 Å². The van der Waals surface area contributed by atoms with Crippen molar-refractivity contribution in [2.24, 2.45) is 0 Å². The van der Waals surface area contributed by atoms with Crippen LogP contribution in [0.4, 0.5) is 0 Å². The standard InChI is InChI=1S/C14H16BrNO3S/c1-9-6-10(15)2-5-12(9)20-8-13(17)16(7-14(18)19)11-3-4-11/h2,5-6,11H,3-4,7-8H2,1H3,(H,18,19). The van der Waals surface area contributed by atoms with E-state index in [1.54, 1.807) is 0 Å². The summed E-state index contributed by atoms with van der Waals surface area (Å²) >= 11 is 4.86. The third kappa shape index (κ3) is 4.24. The van der Waals surface area contributed by atoms with Gasteiger partial charge in [-0.1, -0.05) is 15.9 Å². The van der Waals surface area contributed by atoms with Crippen LogP contribution in [0, 0.1) is 6.92 Å². The van der Waals surface area contributed by atoms with E-state index in [-0.39, 0.29) is 24.2 Å². The Labute approximate surface area is 130 Å². The maximum absolute atomic E-state index is 12.1. The third-order valence-corrected chi connectivity index (χ3v) is 4.76. The van der Waals surface area contributed by atoms with Gasteiger partial charge in [0.05, 0.1) is 5.75 Å². The molecule has 1 aliphatic carbocycles. The molecule has 1 aromatic rings. The van der Waals surface area contributed by atoms with Gasteiger partial charge >= 0.3 is 5.97 Å². The van der Waals surface area contributed by atoms with Gasteiger partial charge in [-0.05, 0) is 43.5 Å². The Balaban J connectivity index is 1.94. The molecule has 4 nitrogen and oxygen atoms in total. The zero-order valence-corrected chi connectivity index (χ0v) is 13.5. The predicted octanol–water partition coefficient (Wildman–Crippen LogP) is 2.93. The van der Waals surface area contributed by atoms with Crippen molar-refractivity contribution in [3.05, 3.63) is 28.2 Å². The molecule has 0 bridgehead atoms. The van der Waals surface area contributed by atoms with Crippen LogP contribution < -0.4 is 0 Å². The smallest absolute Gasteiger partial charge is 0.323 e. The van der Waals surface area contributed by atoms with Gasteiger partial charge in [0.2, 0.25) is 5.91 Å². The SMILES string of the molecule is Cc1cc(Br)ccc1SCC(=O)N(CC(=O)O)C1CC1. The second kappa shape index (κ2) is 6.63. The van der Waals surface area contributed by atoms with Gasteiger partial charge in [-0.3, -0.25) is 9.59 Å². The second-order valence-corrected chi connectivity index (χ2v) is 6.78. The van der Waals surface area contributed by atoms with Crippen molar-refractivity contribution in [1.29, 1.82) is 0 Å². The topological polar surface area (TPSA) is 57.6 Å². The lowest BCUT2D eigenvalue weighted by molar-refractivity contribution is -0.143. The number of amides is 1. The van der Waals surface area contributed by atoms with Gasteiger partial charge in [0.1, 0.15) is 6.54 Å². The summed E-state index contributed by atoms with van der Waals surface area (Å²) in [6.07, 6.45) is 1.84. The van der Waals surface area contributed by atoms with Crippen molar-refractivity contribution < 1.29 is 14.7 Å². The highest BCUT2D eigenvalue weighted by molar-refractivity contribution is 9.10. The highest BCUT2D eigenvalue weighted by Crippen LogP contribution is 2.29. The highest BCUT2D eigenvalue weighted by Gasteiger charge is 2.33. The molecule has 1 saturated carbocycles. The summed E-state index contributed by atoms with van der Waals surface area (Å²) < 4.78 is 1.01. The Morgan fingerprint density at radius 3 is 2.70 bits per heavy atom. The molecule has 1 amide bonds. The maximum Gasteiger partial charge on any atom is 0.323 e. The van der Waals surface area contributed by atoms with Crippen LogP contribution in [0.3, 0.4) is 0 Å². The van der Waals surface area contributed by atoms with E-state index in [9.17, 15) is 9.59 Å². The predicted molar refractivity (Wildman–Crippen MR) is 82.0 cm³/mol. The molecule has 0 heterocycles. The van der Waals surface area contributed by atoms with E-state index < -0.39 is 5.97 Å². The number of carboxylic acids is 1. The van der Waals surface area contributed by atoms with Crippen LogP contribution in [0.2, 0.25) is 0 Å². The number of carbonyl (C=O) groups is 2. The van der Waals surface area contributed by atoms with Crippen LogP contribution in [-0.2, 0) is 9.59 Å². The Morgan fingerprint density at radius 1 is 1.45 bits per heavy atom. The van der Waals surface area contributed by atoms with Crippen molar-refractivity contribution in [2.45, 2.75) is 30.7 Å². The van der Waals surface area contributed by atoms with Crippen LogP contribution in [0.25, 0.3) is 0 Å². The Hall–Kier alpha value is -1.01. The molecule has 0 saturated heterocycles. The molecule has 1 aromatic carbocycles. The largest absolute Gasteiger partial charge is 0.480 e. The number of hydrogen-bond acceptors (Lipinski definition) is 3. The molecule has 2 rings (SSSR count). The van der Waals surface area contributed by atoms with Crippen LogP contribution >= 0.6 is 27.7 Å². The van der Waals surface area contributed by atoms with Gasteiger partial charge in [0.25, 0.3) is 0 Å². The number of nitrogens with zero attached hydrogens (tertiary/aromatic N) is 1. The molecule has 0 spiro atoms. The molecule has 0 radical (unpaired) electrons. The lowest BCUT2D eigenvalue weighted by atomic mass is 10.2. The quantitative estimate of drug-likeness (QED) is 0.795. The number of rotatable bonds is 6. The molecule has 108 valence electrons. The molecule has 20 heavy (non-hydrogen) atoms. The third-order valence-electron chi connectivity index (χ3n) is 3.10. The van der Waals surface area contributed by atoms with Gasteiger partial charge in [0, 0.05) is 15.4 Å². The molecule has 1 aliphatic rings. The van der Waals surface area contributed by atoms with Gasteiger partial charge in [-0.2, -0.15) is 0 Å². The summed E-state index contributed by atoms with van der Waals surface area (Å²) in [5.74, 6) is -0.760.